The van der Waals surface area contributed by atoms with Crippen LogP contribution in [0.25, 0.3) is 0 Å². The zero-order valence-corrected chi connectivity index (χ0v) is 11.2. The Morgan fingerprint density at radius 1 is 1.41 bits per heavy atom. The Balaban J connectivity index is 2.22. The summed E-state index contributed by atoms with van der Waals surface area (Å²) in [7, 11) is 0. The normalized spacial score (nSPS) is 25.1. The molecule has 0 spiro atoms. The molecule has 17 heavy (non-hydrogen) atoms. The molecule has 2 atom stereocenters. The molecule has 2 nitrogen and oxygen atoms in total. The summed E-state index contributed by atoms with van der Waals surface area (Å²) in [5, 5.41) is 9.83. The van der Waals surface area contributed by atoms with Crippen molar-refractivity contribution in [2.45, 2.75) is 39.3 Å². The number of hydrogen-bond donors (Lipinski definition) is 1. The molecule has 1 saturated heterocycles. The monoisotopic (exact) mass is 253 g/mol. The lowest BCUT2D eigenvalue weighted by molar-refractivity contribution is 0.282. The van der Waals surface area contributed by atoms with E-state index in [1.54, 1.807) is 0 Å². The lowest BCUT2D eigenvalue weighted by Gasteiger charge is -2.38. The topological polar surface area (TPSA) is 23.5 Å². The van der Waals surface area contributed by atoms with Crippen LogP contribution in [0.15, 0.2) is 18.2 Å². The molecule has 1 aliphatic rings. The third-order valence-electron chi connectivity index (χ3n) is 3.64. The summed E-state index contributed by atoms with van der Waals surface area (Å²) >= 11 is 6.29. The Bertz CT molecular complexity index is 394. The molecule has 0 aromatic heterocycles. The van der Waals surface area contributed by atoms with E-state index in [0.717, 1.165) is 28.7 Å². The van der Waals surface area contributed by atoms with Crippen molar-refractivity contribution in [3.05, 3.63) is 28.8 Å². The SMILES string of the molecule is CC1CCN(c2ccc(CO)cc2Cl)C(C)C1. The number of hydrogen-bond acceptors (Lipinski definition) is 2. The van der Waals surface area contributed by atoms with Crippen molar-refractivity contribution in [1.82, 2.24) is 0 Å². The van der Waals surface area contributed by atoms with Crippen molar-refractivity contribution in [2.75, 3.05) is 11.4 Å². The van der Waals surface area contributed by atoms with E-state index >= 15 is 0 Å². The Morgan fingerprint density at radius 3 is 2.76 bits per heavy atom. The Kier molecular flexibility index (Phi) is 3.95. The minimum absolute atomic E-state index is 0.0482. The number of nitrogens with zero attached hydrogens (tertiary/aromatic N) is 1. The smallest absolute Gasteiger partial charge is 0.0682 e. The first-order valence-corrected chi connectivity index (χ1v) is 6.65. The van der Waals surface area contributed by atoms with Gasteiger partial charge in [0.2, 0.25) is 0 Å². The van der Waals surface area contributed by atoms with Gasteiger partial charge in [-0.1, -0.05) is 24.6 Å². The van der Waals surface area contributed by atoms with Gasteiger partial charge in [-0.2, -0.15) is 0 Å². The first kappa shape index (κ1) is 12.7. The van der Waals surface area contributed by atoms with E-state index in [1.165, 1.54) is 12.8 Å². The number of aliphatic hydroxyl groups excluding tert-OH is 1. The summed E-state index contributed by atoms with van der Waals surface area (Å²) < 4.78 is 0. The molecule has 1 aliphatic heterocycles. The molecule has 0 radical (unpaired) electrons. The molecule has 0 aliphatic carbocycles. The second-order valence-electron chi connectivity index (χ2n) is 5.12. The minimum Gasteiger partial charge on any atom is -0.392 e. The lowest BCUT2D eigenvalue weighted by atomic mass is 9.93. The Morgan fingerprint density at radius 2 is 2.18 bits per heavy atom. The molecule has 1 fully saturated rings. The first-order valence-electron chi connectivity index (χ1n) is 6.27. The quantitative estimate of drug-likeness (QED) is 0.873. The van der Waals surface area contributed by atoms with Crippen LogP contribution in [0.3, 0.4) is 0 Å². The van der Waals surface area contributed by atoms with Gasteiger partial charge in [0.25, 0.3) is 0 Å². The third kappa shape index (κ3) is 2.75. The van der Waals surface area contributed by atoms with Crippen molar-refractivity contribution in [3.63, 3.8) is 0 Å². The fourth-order valence-corrected chi connectivity index (χ4v) is 2.96. The van der Waals surface area contributed by atoms with Gasteiger partial charge in [0.15, 0.2) is 0 Å². The highest BCUT2D eigenvalue weighted by Crippen LogP contribution is 2.33. The largest absolute Gasteiger partial charge is 0.392 e. The fourth-order valence-electron chi connectivity index (χ4n) is 2.65. The molecular weight excluding hydrogens is 234 g/mol. The van der Waals surface area contributed by atoms with E-state index in [4.69, 9.17) is 16.7 Å². The van der Waals surface area contributed by atoms with Crippen LogP contribution in [0.2, 0.25) is 5.02 Å². The van der Waals surface area contributed by atoms with Gasteiger partial charge in [0.1, 0.15) is 0 Å². The van der Waals surface area contributed by atoms with Crippen LogP contribution in [-0.2, 0) is 6.61 Å². The highest BCUT2D eigenvalue weighted by Gasteiger charge is 2.24. The Labute approximate surface area is 108 Å². The molecule has 0 amide bonds. The molecule has 94 valence electrons. The van der Waals surface area contributed by atoms with Gasteiger partial charge in [-0.15, -0.1) is 0 Å². The average Bonchev–Trinajstić information content (AvgIpc) is 2.30. The van der Waals surface area contributed by atoms with E-state index in [2.05, 4.69) is 18.7 Å². The molecular formula is C14H20ClNO. The van der Waals surface area contributed by atoms with Crippen molar-refractivity contribution in [1.29, 1.82) is 0 Å². The molecule has 1 heterocycles. The number of rotatable bonds is 2. The number of aliphatic hydroxyl groups is 1. The number of halogens is 1. The first-order chi connectivity index (χ1) is 8.11. The molecule has 2 unspecified atom stereocenters. The Hall–Kier alpha value is -0.730. The maximum Gasteiger partial charge on any atom is 0.0682 e. The maximum absolute atomic E-state index is 9.08. The standard InChI is InChI=1S/C14H20ClNO/c1-10-5-6-16(11(2)7-10)14-4-3-12(9-17)8-13(14)15/h3-4,8,10-11,17H,5-7,9H2,1-2H3. The van der Waals surface area contributed by atoms with Crippen molar-refractivity contribution >= 4 is 17.3 Å². The van der Waals surface area contributed by atoms with Gasteiger partial charge in [-0.25, -0.2) is 0 Å². The van der Waals surface area contributed by atoms with E-state index in [-0.39, 0.29) is 6.61 Å². The van der Waals surface area contributed by atoms with Crippen LogP contribution in [-0.4, -0.2) is 17.7 Å². The van der Waals surface area contributed by atoms with Crippen molar-refractivity contribution in [2.24, 2.45) is 5.92 Å². The summed E-state index contributed by atoms with van der Waals surface area (Å²) in [4.78, 5) is 2.38. The van der Waals surface area contributed by atoms with E-state index in [0.29, 0.717) is 6.04 Å². The van der Waals surface area contributed by atoms with Crippen molar-refractivity contribution in [3.8, 4) is 0 Å². The van der Waals surface area contributed by atoms with E-state index in [1.807, 2.05) is 18.2 Å². The summed E-state index contributed by atoms with van der Waals surface area (Å²) in [6.45, 7) is 5.68. The summed E-state index contributed by atoms with van der Waals surface area (Å²) in [5.41, 5.74) is 1.97. The minimum atomic E-state index is 0.0482. The molecule has 2 rings (SSSR count). The third-order valence-corrected chi connectivity index (χ3v) is 3.95. The molecule has 0 bridgehead atoms. The molecule has 1 N–H and O–H groups in total. The second kappa shape index (κ2) is 5.28. The number of anilines is 1. The predicted octanol–water partition coefficient (Wildman–Crippen LogP) is 3.46. The van der Waals surface area contributed by atoms with Gasteiger partial charge in [-0.05, 0) is 43.4 Å². The summed E-state index contributed by atoms with van der Waals surface area (Å²) in [5.74, 6) is 0.803. The van der Waals surface area contributed by atoms with Crippen LogP contribution >= 0.6 is 11.6 Å². The van der Waals surface area contributed by atoms with Crippen LogP contribution in [0, 0.1) is 5.92 Å². The van der Waals surface area contributed by atoms with Crippen LogP contribution in [0.4, 0.5) is 5.69 Å². The molecule has 1 aromatic carbocycles. The van der Waals surface area contributed by atoms with Gasteiger partial charge in [-0.3, -0.25) is 0 Å². The summed E-state index contributed by atoms with van der Waals surface area (Å²) in [6, 6.07) is 6.38. The van der Waals surface area contributed by atoms with Gasteiger partial charge in [0, 0.05) is 12.6 Å². The zero-order chi connectivity index (χ0) is 12.4. The van der Waals surface area contributed by atoms with E-state index < -0.39 is 0 Å². The van der Waals surface area contributed by atoms with Crippen LogP contribution in [0.1, 0.15) is 32.3 Å². The molecule has 1 aromatic rings. The highest BCUT2D eigenvalue weighted by molar-refractivity contribution is 6.33. The van der Waals surface area contributed by atoms with Gasteiger partial charge >= 0.3 is 0 Å². The fraction of sp³-hybridized carbons (Fsp3) is 0.571. The lowest BCUT2D eigenvalue weighted by Crippen LogP contribution is -2.40. The predicted molar refractivity (Wildman–Crippen MR) is 72.6 cm³/mol. The zero-order valence-electron chi connectivity index (χ0n) is 10.5. The van der Waals surface area contributed by atoms with Gasteiger partial charge in [0.05, 0.1) is 17.3 Å². The molecule has 0 saturated carbocycles. The van der Waals surface area contributed by atoms with Gasteiger partial charge < -0.3 is 10.0 Å². The van der Waals surface area contributed by atoms with Crippen LogP contribution < -0.4 is 4.90 Å². The number of piperidine rings is 1. The van der Waals surface area contributed by atoms with E-state index in [9.17, 15) is 0 Å². The maximum atomic E-state index is 9.08. The second-order valence-corrected chi connectivity index (χ2v) is 5.52. The molecule has 3 heteroatoms. The summed E-state index contributed by atoms with van der Waals surface area (Å²) in [6.07, 6.45) is 2.44. The van der Waals surface area contributed by atoms with Crippen molar-refractivity contribution < 1.29 is 5.11 Å². The number of benzene rings is 1. The highest BCUT2D eigenvalue weighted by atomic mass is 35.5. The average molecular weight is 254 g/mol. The van der Waals surface area contributed by atoms with Crippen LogP contribution in [0.5, 0.6) is 0 Å².